The Kier molecular flexibility index (Phi) is 5.70. The number of guanidine groups is 1. The number of nitrogens with zero attached hydrogens (tertiary/aromatic N) is 5. The van der Waals surface area contributed by atoms with Crippen molar-refractivity contribution in [3.63, 3.8) is 0 Å². The van der Waals surface area contributed by atoms with Crippen LogP contribution in [0.3, 0.4) is 0 Å². The number of rotatable bonds is 4. The van der Waals surface area contributed by atoms with Crippen LogP contribution in [-0.4, -0.2) is 46.9 Å². The molecule has 0 bridgehead atoms. The Labute approximate surface area is 153 Å². The Morgan fingerprint density at radius 2 is 2.08 bits per heavy atom. The number of piperidine rings is 1. The van der Waals surface area contributed by atoms with Gasteiger partial charge in [-0.15, -0.1) is 10.2 Å². The SMILES string of the molecule is CN=C(NCc1nnc(C)n1C)NC1CCN(c2cccc(F)c2)CC1. The van der Waals surface area contributed by atoms with Gasteiger partial charge in [-0.2, -0.15) is 0 Å². The molecule has 0 radical (unpaired) electrons. The van der Waals surface area contributed by atoms with E-state index in [1.54, 1.807) is 19.2 Å². The van der Waals surface area contributed by atoms with Gasteiger partial charge >= 0.3 is 0 Å². The number of aliphatic imine (C=N–C) groups is 1. The Morgan fingerprint density at radius 1 is 1.31 bits per heavy atom. The van der Waals surface area contributed by atoms with Gasteiger partial charge in [0.15, 0.2) is 11.8 Å². The van der Waals surface area contributed by atoms with Crippen LogP contribution in [0, 0.1) is 12.7 Å². The van der Waals surface area contributed by atoms with Crippen molar-refractivity contribution in [1.82, 2.24) is 25.4 Å². The minimum absolute atomic E-state index is 0.189. The topological polar surface area (TPSA) is 70.4 Å². The first-order valence-electron chi connectivity index (χ1n) is 8.89. The van der Waals surface area contributed by atoms with E-state index in [1.807, 2.05) is 24.6 Å². The van der Waals surface area contributed by atoms with Crippen molar-refractivity contribution in [1.29, 1.82) is 0 Å². The zero-order valence-electron chi connectivity index (χ0n) is 15.5. The average molecular weight is 359 g/mol. The summed E-state index contributed by atoms with van der Waals surface area (Å²) < 4.78 is 15.4. The lowest BCUT2D eigenvalue weighted by molar-refractivity contribution is 0.460. The van der Waals surface area contributed by atoms with Gasteiger partial charge in [-0.1, -0.05) is 6.07 Å². The quantitative estimate of drug-likeness (QED) is 0.641. The fourth-order valence-corrected chi connectivity index (χ4v) is 3.11. The summed E-state index contributed by atoms with van der Waals surface area (Å²) in [5.74, 6) is 2.32. The number of anilines is 1. The average Bonchev–Trinajstić information content (AvgIpc) is 2.97. The lowest BCUT2D eigenvalue weighted by atomic mass is 10.0. The Balaban J connectivity index is 1.49. The number of hydrogen-bond acceptors (Lipinski definition) is 4. The number of benzene rings is 1. The van der Waals surface area contributed by atoms with Gasteiger partial charge in [0.25, 0.3) is 0 Å². The first-order valence-corrected chi connectivity index (χ1v) is 8.89. The molecule has 1 fully saturated rings. The fourth-order valence-electron chi connectivity index (χ4n) is 3.11. The number of halogens is 1. The minimum atomic E-state index is -0.189. The highest BCUT2D eigenvalue weighted by molar-refractivity contribution is 5.79. The zero-order valence-corrected chi connectivity index (χ0v) is 15.5. The highest BCUT2D eigenvalue weighted by Crippen LogP contribution is 2.20. The highest BCUT2D eigenvalue weighted by atomic mass is 19.1. The van der Waals surface area contributed by atoms with Crippen LogP contribution < -0.4 is 15.5 Å². The van der Waals surface area contributed by atoms with Gasteiger partial charge in [0, 0.05) is 38.9 Å². The summed E-state index contributed by atoms with van der Waals surface area (Å²) in [6.07, 6.45) is 1.95. The van der Waals surface area contributed by atoms with Gasteiger partial charge in [0.2, 0.25) is 0 Å². The zero-order chi connectivity index (χ0) is 18.5. The van der Waals surface area contributed by atoms with E-state index in [-0.39, 0.29) is 5.82 Å². The molecule has 0 amide bonds. The molecule has 0 spiro atoms. The van der Waals surface area contributed by atoms with Crippen molar-refractivity contribution in [2.24, 2.45) is 12.0 Å². The van der Waals surface area contributed by atoms with Crippen molar-refractivity contribution in [2.45, 2.75) is 32.4 Å². The summed E-state index contributed by atoms with van der Waals surface area (Å²) in [5.41, 5.74) is 0.948. The second kappa shape index (κ2) is 8.16. The van der Waals surface area contributed by atoms with Crippen LogP contribution in [0.1, 0.15) is 24.5 Å². The maximum Gasteiger partial charge on any atom is 0.191 e. The molecule has 1 aromatic heterocycles. The van der Waals surface area contributed by atoms with Crippen LogP contribution in [0.4, 0.5) is 10.1 Å². The lowest BCUT2D eigenvalue weighted by Crippen LogP contribution is -2.48. The molecule has 0 saturated carbocycles. The molecule has 140 valence electrons. The normalized spacial score (nSPS) is 16.0. The lowest BCUT2D eigenvalue weighted by Gasteiger charge is -2.34. The molecule has 26 heavy (non-hydrogen) atoms. The smallest absolute Gasteiger partial charge is 0.191 e. The summed E-state index contributed by atoms with van der Waals surface area (Å²) in [6.45, 7) is 4.27. The molecule has 2 heterocycles. The van der Waals surface area contributed by atoms with Gasteiger partial charge < -0.3 is 20.1 Å². The maximum absolute atomic E-state index is 13.4. The maximum atomic E-state index is 13.4. The highest BCUT2D eigenvalue weighted by Gasteiger charge is 2.20. The van der Waals surface area contributed by atoms with E-state index in [2.05, 4.69) is 30.7 Å². The van der Waals surface area contributed by atoms with Crippen LogP contribution in [0.15, 0.2) is 29.3 Å². The molecule has 0 unspecified atom stereocenters. The van der Waals surface area contributed by atoms with Crippen LogP contribution in [0.2, 0.25) is 0 Å². The summed E-state index contributed by atoms with van der Waals surface area (Å²) in [6, 6.07) is 7.13. The van der Waals surface area contributed by atoms with Gasteiger partial charge in [-0.3, -0.25) is 4.99 Å². The largest absolute Gasteiger partial charge is 0.371 e. The van der Waals surface area contributed by atoms with E-state index in [0.29, 0.717) is 12.6 Å². The molecule has 1 aromatic carbocycles. The van der Waals surface area contributed by atoms with Crippen molar-refractivity contribution in [2.75, 3.05) is 25.0 Å². The van der Waals surface area contributed by atoms with Gasteiger partial charge in [-0.05, 0) is 38.0 Å². The molecular weight excluding hydrogens is 333 g/mol. The van der Waals surface area contributed by atoms with Crippen molar-refractivity contribution >= 4 is 11.6 Å². The molecule has 2 N–H and O–H groups in total. The third-order valence-corrected chi connectivity index (χ3v) is 4.83. The molecule has 1 aliphatic heterocycles. The van der Waals surface area contributed by atoms with Gasteiger partial charge in [0.1, 0.15) is 11.6 Å². The van der Waals surface area contributed by atoms with E-state index >= 15 is 0 Å². The first-order chi connectivity index (χ1) is 12.6. The number of aromatic nitrogens is 3. The summed E-state index contributed by atoms with van der Waals surface area (Å²) in [5, 5.41) is 15.0. The number of hydrogen-bond donors (Lipinski definition) is 2. The first kappa shape index (κ1) is 18.2. The predicted molar refractivity (Wildman–Crippen MR) is 101 cm³/mol. The van der Waals surface area contributed by atoms with Crippen LogP contribution in [-0.2, 0) is 13.6 Å². The van der Waals surface area contributed by atoms with Crippen LogP contribution in [0.25, 0.3) is 0 Å². The van der Waals surface area contributed by atoms with Crippen LogP contribution in [0.5, 0.6) is 0 Å². The molecule has 0 atom stereocenters. The molecule has 0 aliphatic carbocycles. The molecule has 1 saturated heterocycles. The molecule has 2 aromatic rings. The third-order valence-electron chi connectivity index (χ3n) is 4.83. The van der Waals surface area contributed by atoms with E-state index in [4.69, 9.17) is 0 Å². The second-order valence-corrected chi connectivity index (χ2v) is 6.53. The monoisotopic (exact) mass is 359 g/mol. The number of nitrogens with one attached hydrogen (secondary N) is 2. The Bertz CT molecular complexity index is 763. The fraction of sp³-hybridized carbons (Fsp3) is 0.500. The predicted octanol–water partition coefficient (Wildman–Crippen LogP) is 1.60. The Morgan fingerprint density at radius 3 is 2.69 bits per heavy atom. The van der Waals surface area contributed by atoms with E-state index < -0.39 is 0 Å². The molecular formula is C18H26FN7. The van der Waals surface area contributed by atoms with Crippen molar-refractivity contribution in [3.8, 4) is 0 Å². The summed E-state index contributed by atoms with van der Waals surface area (Å²) >= 11 is 0. The summed E-state index contributed by atoms with van der Waals surface area (Å²) in [4.78, 5) is 6.52. The standard InChI is InChI=1S/C18H26FN7/c1-13-23-24-17(25(13)3)12-21-18(20-2)22-15-7-9-26(10-8-15)16-6-4-5-14(19)11-16/h4-6,11,15H,7-10,12H2,1-3H3,(H2,20,21,22). The molecule has 8 heteroatoms. The van der Waals surface area contributed by atoms with E-state index in [1.165, 1.54) is 6.07 Å². The van der Waals surface area contributed by atoms with Crippen LogP contribution >= 0.6 is 0 Å². The number of aryl methyl sites for hydroxylation is 1. The minimum Gasteiger partial charge on any atom is -0.371 e. The third kappa shape index (κ3) is 4.30. The summed E-state index contributed by atoms with van der Waals surface area (Å²) in [7, 11) is 3.71. The second-order valence-electron chi connectivity index (χ2n) is 6.53. The van der Waals surface area contributed by atoms with Crippen molar-refractivity contribution in [3.05, 3.63) is 41.7 Å². The Hall–Kier alpha value is -2.64. The molecule has 1 aliphatic rings. The van der Waals surface area contributed by atoms with Crippen molar-refractivity contribution < 1.29 is 4.39 Å². The van der Waals surface area contributed by atoms with E-state index in [0.717, 1.165) is 49.2 Å². The molecule has 3 rings (SSSR count). The van der Waals surface area contributed by atoms with E-state index in [9.17, 15) is 4.39 Å². The van der Waals surface area contributed by atoms with Gasteiger partial charge in [0.05, 0.1) is 6.54 Å². The molecule has 7 nitrogen and oxygen atoms in total. The van der Waals surface area contributed by atoms with Gasteiger partial charge in [-0.25, -0.2) is 4.39 Å².